The van der Waals surface area contributed by atoms with Crippen LogP contribution in [0.2, 0.25) is 0 Å². The second-order valence-electron chi connectivity index (χ2n) is 8.44. The van der Waals surface area contributed by atoms with Crippen molar-refractivity contribution in [3.8, 4) is 34.3 Å². The van der Waals surface area contributed by atoms with Gasteiger partial charge in [0.25, 0.3) is 0 Å². The van der Waals surface area contributed by atoms with E-state index in [2.05, 4.69) is 10.2 Å². The average Bonchev–Trinajstić information content (AvgIpc) is 3.42. The molecule has 2 heterocycles. The number of methoxy groups -OCH3 is 4. The van der Waals surface area contributed by atoms with Crippen LogP contribution in [0.4, 0.5) is 5.82 Å². The maximum absolute atomic E-state index is 5.62. The Morgan fingerprint density at radius 1 is 0.703 bits per heavy atom. The molecule has 1 atom stereocenters. The summed E-state index contributed by atoms with van der Waals surface area (Å²) in [5.41, 5.74) is 4.69. The van der Waals surface area contributed by atoms with Crippen molar-refractivity contribution in [2.45, 2.75) is 12.5 Å². The Hall–Kier alpha value is -4.59. The molecule has 3 aromatic carbocycles. The van der Waals surface area contributed by atoms with Gasteiger partial charge in [0, 0.05) is 12.0 Å². The van der Waals surface area contributed by atoms with Gasteiger partial charge < -0.3 is 18.9 Å². The van der Waals surface area contributed by atoms with Crippen molar-refractivity contribution in [1.82, 2.24) is 10.2 Å². The van der Waals surface area contributed by atoms with Crippen molar-refractivity contribution in [3.05, 3.63) is 90.0 Å². The van der Waals surface area contributed by atoms with Crippen LogP contribution < -0.4 is 24.0 Å². The molecule has 0 saturated heterocycles. The van der Waals surface area contributed by atoms with E-state index in [0.29, 0.717) is 29.5 Å². The van der Waals surface area contributed by atoms with Crippen LogP contribution in [0.25, 0.3) is 11.3 Å². The van der Waals surface area contributed by atoms with E-state index in [4.69, 9.17) is 24.0 Å². The van der Waals surface area contributed by atoms with Crippen molar-refractivity contribution in [1.29, 1.82) is 0 Å². The van der Waals surface area contributed by atoms with Crippen molar-refractivity contribution in [2.75, 3.05) is 33.4 Å². The van der Waals surface area contributed by atoms with Gasteiger partial charge in [-0.05, 0) is 59.7 Å². The topological polar surface area (TPSA) is 78.3 Å². The molecular formula is C29H28N4O4. The smallest absolute Gasteiger partial charge is 0.203 e. The zero-order chi connectivity index (χ0) is 25.8. The number of hydrazone groups is 1. The quantitative estimate of drug-likeness (QED) is 0.317. The van der Waals surface area contributed by atoms with Gasteiger partial charge in [0.05, 0.1) is 45.9 Å². The van der Waals surface area contributed by atoms with E-state index in [1.807, 2.05) is 83.9 Å². The third-order valence-corrected chi connectivity index (χ3v) is 6.36. The molecule has 4 aromatic rings. The Balaban J connectivity index is 1.56. The van der Waals surface area contributed by atoms with Crippen LogP contribution in [0, 0.1) is 0 Å². The first-order chi connectivity index (χ1) is 18.1. The third-order valence-electron chi connectivity index (χ3n) is 6.36. The van der Waals surface area contributed by atoms with Gasteiger partial charge in [0.1, 0.15) is 5.75 Å². The van der Waals surface area contributed by atoms with Gasteiger partial charge in [-0.3, -0.25) is 0 Å². The Morgan fingerprint density at radius 2 is 1.41 bits per heavy atom. The second kappa shape index (κ2) is 10.6. The second-order valence-corrected chi connectivity index (χ2v) is 8.44. The Kier molecular flexibility index (Phi) is 6.89. The van der Waals surface area contributed by atoms with Crippen LogP contribution in [-0.4, -0.2) is 44.3 Å². The number of benzene rings is 3. The molecule has 188 valence electrons. The summed E-state index contributed by atoms with van der Waals surface area (Å²) < 4.78 is 22.1. The standard InChI is InChI=1S/C29H28N4O4/c1-34-22-12-10-20(11-13-22)24-18-25(21-16-26(35-2)29(37-4)27(17-21)36-3)33(32-24)28-15-14-23(30-31-28)19-8-6-5-7-9-19/h5-17,25H,18H2,1-4H3. The fourth-order valence-electron chi connectivity index (χ4n) is 4.44. The summed E-state index contributed by atoms with van der Waals surface area (Å²) in [6.45, 7) is 0. The number of rotatable bonds is 8. The largest absolute Gasteiger partial charge is 0.497 e. The lowest BCUT2D eigenvalue weighted by atomic mass is 9.97. The molecule has 0 N–H and O–H groups in total. The van der Waals surface area contributed by atoms with Crippen molar-refractivity contribution >= 4 is 11.5 Å². The molecule has 0 bridgehead atoms. The normalized spacial score (nSPS) is 14.8. The summed E-state index contributed by atoms with van der Waals surface area (Å²) in [5, 5.41) is 15.9. The van der Waals surface area contributed by atoms with Gasteiger partial charge >= 0.3 is 0 Å². The molecule has 0 fully saturated rings. The molecule has 8 heteroatoms. The fourth-order valence-corrected chi connectivity index (χ4v) is 4.44. The molecule has 0 aliphatic carbocycles. The average molecular weight is 497 g/mol. The Labute approximate surface area is 216 Å². The van der Waals surface area contributed by atoms with Crippen LogP contribution in [0.1, 0.15) is 23.6 Å². The molecule has 1 aliphatic heterocycles. The first-order valence-corrected chi connectivity index (χ1v) is 11.9. The number of ether oxygens (including phenoxy) is 4. The first-order valence-electron chi connectivity index (χ1n) is 11.9. The molecule has 1 aromatic heterocycles. The lowest BCUT2D eigenvalue weighted by Crippen LogP contribution is -2.20. The monoisotopic (exact) mass is 496 g/mol. The van der Waals surface area contributed by atoms with E-state index in [1.165, 1.54) is 0 Å². The highest BCUT2D eigenvalue weighted by atomic mass is 16.5. The van der Waals surface area contributed by atoms with Crippen molar-refractivity contribution in [3.63, 3.8) is 0 Å². The van der Waals surface area contributed by atoms with Gasteiger partial charge in [-0.15, -0.1) is 10.2 Å². The lowest BCUT2D eigenvalue weighted by molar-refractivity contribution is 0.323. The van der Waals surface area contributed by atoms with Gasteiger partial charge in [-0.25, -0.2) is 5.01 Å². The summed E-state index contributed by atoms with van der Waals surface area (Å²) in [7, 11) is 6.47. The summed E-state index contributed by atoms with van der Waals surface area (Å²) in [5.74, 6) is 3.15. The van der Waals surface area contributed by atoms with Gasteiger partial charge in [0.2, 0.25) is 5.75 Å². The van der Waals surface area contributed by atoms with Gasteiger partial charge in [-0.1, -0.05) is 30.3 Å². The molecular weight excluding hydrogens is 468 g/mol. The van der Waals surface area contributed by atoms with Crippen molar-refractivity contribution < 1.29 is 18.9 Å². The zero-order valence-electron chi connectivity index (χ0n) is 21.2. The van der Waals surface area contributed by atoms with E-state index < -0.39 is 0 Å². The van der Waals surface area contributed by atoms with Crippen molar-refractivity contribution in [2.24, 2.45) is 5.10 Å². The third kappa shape index (κ3) is 4.78. The summed E-state index contributed by atoms with van der Waals surface area (Å²) >= 11 is 0. The Morgan fingerprint density at radius 3 is 1.97 bits per heavy atom. The zero-order valence-corrected chi connectivity index (χ0v) is 21.2. The SMILES string of the molecule is COc1ccc(C2=NN(c3ccc(-c4ccccc4)nn3)C(c3cc(OC)c(OC)c(OC)c3)C2)cc1. The summed E-state index contributed by atoms with van der Waals surface area (Å²) in [6, 6.07) is 25.5. The van der Waals surface area contributed by atoms with E-state index in [0.717, 1.165) is 33.8 Å². The number of nitrogens with zero attached hydrogens (tertiary/aromatic N) is 4. The molecule has 5 rings (SSSR count). The number of hydrogen-bond acceptors (Lipinski definition) is 8. The van der Waals surface area contributed by atoms with E-state index in [-0.39, 0.29) is 6.04 Å². The minimum atomic E-state index is -0.164. The van der Waals surface area contributed by atoms with Crippen LogP contribution >= 0.6 is 0 Å². The minimum absolute atomic E-state index is 0.164. The molecule has 8 nitrogen and oxygen atoms in total. The molecule has 0 radical (unpaired) electrons. The molecule has 0 spiro atoms. The van der Waals surface area contributed by atoms with E-state index in [9.17, 15) is 0 Å². The van der Waals surface area contributed by atoms with Crippen LogP contribution in [0.15, 0.2) is 84.0 Å². The van der Waals surface area contributed by atoms with Crippen LogP contribution in [0.5, 0.6) is 23.0 Å². The molecule has 1 unspecified atom stereocenters. The lowest BCUT2D eigenvalue weighted by Gasteiger charge is -2.24. The minimum Gasteiger partial charge on any atom is -0.497 e. The predicted molar refractivity (Wildman–Crippen MR) is 143 cm³/mol. The molecule has 37 heavy (non-hydrogen) atoms. The summed E-state index contributed by atoms with van der Waals surface area (Å²) in [4.78, 5) is 0. The first kappa shape index (κ1) is 24.1. The van der Waals surface area contributed by atoms with E-state index in [1.54, 1.807) is 28.4 Å². The Bertz CT molecular complexity index is 1370. The molecule has 0 saturated carbocycles. The van der Waals surface area contributed by atoms with Crippen LogP contribution in [0.3, 0.4) is 0 Å². The molecule has 0 amide bonds. The van der Waals surface area contributed by atoms with E-state index >= 15 is 0 Å². The fraction of sp³-hybridized carbons (Fsp3) is 0.207. The number of hydrogen-bond donors (Lipinski definition) is 0. The van der Waals surface area contributed by atoms with Gasteiger partial charge in [0.15, 0.2) is 17.3 Å². The maximum Gasteiger partial charge on any atom is 0.203 e. The number of aromatic nitrogens is 2. The highest BCUT2D eigenvalue weighted by molar-refractivity contribution is 6.03. The highest BCUT2D eigenvalue weighted by Gasteiger charge is 2.32. The molecule has 1 aliphatic rings. The summed E-state index contributed by atoms with van der Waals surface area (Å²) in [6.07, 6.45) is 0.646. The highest BCUT2D eigenvalue weighted by Crippen LogP contribution is 2.44. The van der Waals surface area contributed by atoms with Crippen LogP contribution in [-0.2, 0) is 0 Å². The number of anilines is 1. The maximum atomic E-state index is 5.62. The van der Waals surface area contributed by atoms with Gasteiger partial charge in [-0.2, -0.15) is 5.10 Å². The predicted octanol–water partition coefficient (Wildman–Crippen LogP) is 5.53.